The second kappa shape index (κ2) is 10.3. The number of benzene rings is 3. The van der Waals surface area contributed by atoms with Crippen molar-refractivity contribution in [2.24, 2.45) is 0 Å². The molecule has 33 heavy (non-hydrogen) atoms. The van der Waals surface area contributed by atoms with Crippen LogP contribution in [0.3, 0.4) is 0 Å². The van der Waals surface area contributed by atoms with Gasteiger partial charge in [-0.3, -0.25) is 0 Å². The lowest BCUT2D eigenvalue weighted by atomic mass is 9.98. The van der Waals surface area contributed by atoms with Crippen LogP contribution < -0.4 is 5.32 Å². The number of ether oxygens (including phenoxy) is 1. The Hall–Kier alpha value is -3.03. The number of carbonyl (C=O) groups excluding carboxylic acids is 1. The fourth-order valence-electron chi connectivity index (χ4n) is 3.90. The lowest BCUT2D eigenvalue weighted by Crippen LogP contribution is -2.43. The van der Waals surface area contributed by atoms with Crippen molar-refractivity contribution in [3.63, 3.8) is 0 Å². The smallest absolute Gasteiger partial charge is 0.407 e. The molecule has 0 radical (unpaired) electrons. The zero-order chi connectivity index (χ0) is 23.4. The summed E-state index contributed by atoms with van der Waals surface area (Å²) in [6, 6.07) is 19.2. The van der Waals surface area contributed by atoms with Gasteiger partial charge in [0.25, 0.3) is 0 Å². The number of rotatable bonds is 8. The van der Waals surface area contributed by atoms with E-state index in [2.05, 4.69) is 5.32 Å². The Balaban J connectivity index is 1.34. The molecule has 0 heterocycles. The van der Waals surface area contributed by atoms with E-state index in [1.807, 2.05) is 48.5 Å². The largest absolute Gasteiger partial charge is 0.480 e. The molecule has 1 amide bonds. The van der Waals surface area contributed by atoms with E-state index in [9.17, 15) is 19.1 Å². The second-order valence-electron chi connectivity index (χ2n) is 7.59. The van der Waals surface area contributed by atoms with Crippen molar-refractivity contribution in [2.75, 3.05) is 12.4 Å². The van der Waals surface area contributed by atoms with Gasteiger partial charge in [0.1, 0.15) is 18.5 Å². The van der Waals surface area contributed by atoms with Gasteiger partial charge in [0.05, 0.1) is 5.02 Å². The average Bonchev–Trinajstić information content (AvgIpc) is 3.13. The Morgan fingerprint density at radius 3 is 2.30 bits per heavy atom. The maximum atomic E-state index is 13.6. The molecular formula is C25H21ClFNO4S. The molecule has 1 aliphatic rings. The van der Waals surface area contributed by atoms with E-state index in [1.54, 1.807) is 12.1 Å². The third-order valence-electron chi connectivity index (χ3n) is 5.51. The first-order valence-corrected chi connectivity index (χ1v) is 11.8. The summed E-state index contributed by atoms with van der Waals surface area (Å²) in [7, 11) is 0. The first kappa shape index (κ1) is 23.1. The first-order chi connectivity index (χ1) is 16.0. The first-order valence-electron chi connectivity index (χ1n) is 10.3. The standard InChI is InChI=1S/C25H21ClFNO4S/c26-23-15(6-5-11-21(23)27)13-33-14-22(24(29)30)28-25(31)32-12-20-18-9-3-1-7-16(18)17-8-2-4-10-19(17)20/h1-11,20,22H,12-14H2,(H,28,31)(H,29,30). The van der Waals surface area contributed by atoms with E-state index in [1.165, 1.54) is 17.8 Å². The van der Waals surface area contributed by atoms with Gasteiger partial charge in [0.2, 0.25) is 0 Å². The number of nitrogens with one attached hydrogen (secondary N) is 1. The molecule has 8 heteroatoms. The number of hydrogen-bond donors (Lipinski definition) is 2. The fourth-order valence-corrected chi connectivity index (χ4v) is 5.22. The number of amides is 1. The molecule has 0 aromatic heterocycles. The van der Waals surface area contributed by atoms with E-state index in [0.717, 1.165) is 22.3 Å². The summed E-state index contributed by atoms with van der Waals surface area (Å²) in [5.74, 6) is -1.43. The van der Waals surface area contributed by atoms with Crippen LogP contribution in [0.4, 0.5) is 9.18 Å². The van der Waals surface area contributed by atoms with Crippen molar-refractivity contribution >= 4 is 35.4 Å². The highest BCUT2D eigenvalue weighted by Gasteiger charge is 2.29. The molecule has 0 saturated carbocycles. The molecule has 1 atom stereocenters. The van der Waals surface area contributed by atoms with Crippen LogP contribution in [-0.2, 0) is 15.3 Å². The summed E-state index contributed by atoms with van der Waals surface area (Å²) in [5, 5.41) is 11.9. The topological polar surface area (TPSA) is 75.6 Å². The zero-order valence-electron chi connectivity index (χ0n) is 17.5. The van der Waals surface area contributed by atoms with Crippen LogP contribution in [-0.4, -0.2) is 35.6 Å². The van der Waals surface area contributed by atoms with Crippen LogP contribution in [0.5, 0.6) is 0 Å². The van der Waals surface area contributed by atoms with E-state index < -0.39 is 23.9 Å². The van der Waals surface area contributed by atoms with E-state index in [4.69, 9.17) is 16.3 Å². The number of carboxylic acids is 1. The highest BCUT2D eigenvalue weighted by Crippen LogP contribution is 2.44. The van der Waals surface area contributed by atoms with Gasteiger partial charge in [0.15, 0.2) is 0 Å². The molecule has 0 spiro atoms. The number of carboxylic acid groups (broad SMARTS) is 1. The van der Waals surface area contributed by atoms with Gasteiger partial charge in [-0.05, 0) is 33.9 Å². The predicted molar refractivity (Wildman–Crippen MR) is 127 cm³/mol. The lowest BCUT2D eigenvalue weighted by Gasteiger charge is -2.17. The molecule has 0 saturated heterocycles. The molecule has 1 unspecified atom stereocenters. The Kier molecular flexibility index (Phi) is 7.20. The third-order valence-corrected chi connectivity index (χ3v) is 7.01. The van der Waals surface area contributed by atoms with Gasteiger partial charge < -0.3 is 15.2 Å². The van der Waals surface area contributed by atoms with Crippen LogP contribution in [0.15, 0.2) is 66.7 Å². The summed E-state index contributed by atoms with van der Waals surface area (Å²) in [4.78, 5) is 24.0. The van der Waals surface area contributed by atoms with Crippen LogP contribution in [0, 0.1) is 5.82 Å². The van der Waals surface area contributed by atoms with Crippen LogP contribution in [0.25, 0.3) is 11.1 Å². The SMILES string of the molecule is O=C(NC(CSCc1cccc(F)c1Cl)C(=O)O)OCC1c2ccccc2-c2ccccc21. The third kappa shape index (κ3) is 5.15. The van der Waals surface area contributed by atoms with Crippen LogP contribution >= 0.6 is 23.4 Å². The highest BCUT2D eigenvalue weighted by atomic mass is 35.5. The predicted octanol–water partition coefficient (Wildman–Crippen LogP) is 5.70. The minimum absolute atomic E-state index is 0.0152. The summed E-state index contributed by atoms with van der Waals surface area (Å²) < 4.78 is 19.0. The summed E-state index contributed by atoms with van der Waals surface area (Å²) in [6.45, 7) is 0.0955. The molecule has 1 aliphatic carbocycles. The maximum Gasteiger partial charge on any atom is 0.407 e. The molecule has 0 fully saturated rings. The number of carbonyl (C=O) groups is 2. The van der Waals surface area contributed by atoms with Gasteiger partial charge in [-0.1, -0.05) is 72.3 Å². The fraction of sp³-hybridized carbons (Fsp3) is 0.200. The van der Waals surface area contributed by atoms with Crippen molar-refractivity contribution in [2.45, 2.75) is 17.7 Å². The molecule has 4 rings (SSSR count). The Labute approximate surface area is 199 Å². The number of hydrogen-bond acceptors (Lipinski definition) is 4. The van der Waals surface area contributed by atoms with Gasteiger partial charge in [0, 0.05) is 17.4 Å². The van der Waals surface area contributed by atoms with Gasteiger partial charge in [-0.15, -0.1) is 0 Å². The van der Waals surface area contributed by atoms with Crippen LogP contribution in [0.2, 0.25) is 5.02 Å². The van der Waals surface area contributed by atoms with Gasteiger partial charge in [-0.25, -0.2) is 14.0 Å². The molecule has 0 bridgehead atoms. The number of alkyl carbamates (subject to hydrolysis) is 1. The molecule has 2 N–H and O–H groups in total. The number of halogens is 2. The Morgan fingerprint density at radius 2 is 1.67 bits per heavy atom. The van der Waals surface area contributed by atoms with Gasteiger partial charge in [-0.2, -0.15) is 11.8 Å². The van der Waals surface area contributed by atoms with Crippen molar-refractivity contribution in [3.05, 3.63) is 94.3 Å². The minimum Gasteiger partial charge on any atom is -0.480 e. The van der Waals surface area contributed by atoms with Crippen molar-refractivity contribution < 1.29 is 23.8 Å². The van der Waals surface area contributed by atoms with Crippen molar-refractivity contribution in [3.8, 4) is 11.1 Å². The molecule has 170 valence electrons. The normalized spacial score (nSPS) is 13.2. The van der Waals surface area contributed by atoms with E-state index in [-0.39, 0.29) is 23.3 Å². The number of fused-ring (bicyclic) bond motifs is 3. The monoisotopic (exact) mass is 485 g/mol. The van der Waals surface area contributed by atoms with E-state index in [0.29, 0.717) is 11.3 Å². The summed E-state index contributed by atoms with van der Waals surface area (Å²) >= 11 is 7.17. The average molecular weight is 486 g/mol. The Morgan fingerprint density at radius 1 is 1.03 bits per heavy atom. The lowest BCUT2D eigenvalue weighted by molar-refractivity contribution is -0.138. The molecule has 3 aromatic carbocycles. The van der Waals surface area contributed by atoms with Crippen molar-refractivity contribution in [1.29, 1.82) is 0 Å². The van der Waals surface area contributed by atoms with E-state index >= 15 is 0 Å². The van der Waals surface area contributed by atoms with Crippen molar-refractivity contribution in [1.82, 2.24) is 5.32 Å². The number of aliphatic carboxylic acids is 1. The molecule has 5 nitrogen and oxygen atoms in total. The summed E-state index contributed by atoms with van der Waals surface area (Å²) in [5.41, 5.74) is 4.93. The van der Waals surface area contributed by atoms with Gasteiger partial charge >= 0.3 is 12.1 Å². The Bertz CT molecular complexity index is 1140. The maximum absolute atomic E-state index is 13.6. The van der Waals surface area contributed by atoms with Crippen LogP contribution in [0.1, 0.15) is 22.6 Å². The molecule has 0 aliphatic heterocycles. The quantitative estimate of drug-likeness (QED) is 0.428. The summed E-state index contributed by atoms with van der Waals surface area (Å²) in [6.07, 6.45) is -0.798. The number of thioether (sulfide) groups is 1. The zero-order valence-corrected chi connectivity index (χ0v) is 19.0. The minimum atomic E-state index is -1.18. The molecular weight excluding hydrogens is 465 g/mol. The highest BCUT2D eigenvalue weighted by molar-refractivity contribution is 7.98. The molecule has 3 aromatic rings. The second-order valence-corrected chi connectivity index (χ2v) is 9.00.